The lowest BCUT2D eigenvalue weighted by atomic mass is 10.0. The van der Waals surface area contributed by atoms with Crippen molar-refractivity contribution >= 4 is 15.8 Å². The van der Waals surface area contributed by atoms with Gasteiger partial charge in [0.05, 0.1) is 22.7 Å². The first kappa shape index (κ1) is 24.1. The van der Waals surface area contributed by atoms with Crippen molar-refractivity contribution in [2.75, 3.05) is 18.4 Å². The van der Waals surface area contributed by atoms with Crippen molar-refractivity contribution in [1.29, 1.82) is 0 Å². The number of hydrogen-bond acceptors (Lipinski definition) is 7. The number of H-pyrrole nitrogens is 1. The molecule has 0 aliphatic carbocycles. The van der Waals surface area contributed by atoms with E-state index in [1.54, 1.807) is 36.7 Å². The lowest BCUT2D eigenvalue weighted by molar-refractivity contribution is 0.0949. The van der Waals surface area contributed by atoms with Crippen LogP contribution in [0.25, 0.3) is 22.6 Å². The number of aromatic nitrogens is 4. The minimum Gasteiger partial charge on any atom is -0.390 e. The highest BCUT2D eigenvalue weighted by molar-refractivity contribution is 7.89. The molecule has 0 spiro atoms. The zero-order valence-electron chi connectivity index (χ0n) is 20.1. The van der Waals surface area contributed by atoms with Crippen molar-refractivity contribution in [3.63, 3.8) is 0 Å². The molecule has 4 aromatic rings. The maximum absolute atomic E-state index is 13.3. The third kappa shape index (κ3) is 5.01. The number of benzene rings is 1. The number of β-amino-alcohol motifs (C(OH)–C–C–N with tert-alkyl or cyclic N) is 1. The van der Waals surface area contributed by atoms with E-state index in [1.165, 1.54) is 4.31 Å². The molecule has 0 amide bonds. The summed E-state index contributed by atoms with van der Waals surface area (Å²) in [7, 11) is -3.74. The first-order chi connectivity index (χ1) is 17.3. The van der Waals surface area contributed by atoms with Crippen LogP contribution in [0, 0.1) is 13.8 Å². The summed E-state index contributed by atoms with van der Waals surface area (Å²) < 4.78 is 27.9. The number of aliphatic hydroxyl groups is 1. The molecule has 10 heteroatoms. The molecule has 2 atom stereocenters. The van der Waals surface area contributed by atoms with Crippen molar-refractivity contribution in [2.45, 2.75) is 37.3 Å². The number of imidazole rings is 1. The average molecular weight is 505 g/mol. The van der Waals surface area contributed by atoms with Gasteiger partial charge in [0.25, 0.3) is 0 Å². The molecule has 0 bridgehead atoms. The number of anilines is 1. The summed E-state index contributed by atoms with van der Waals surface area (Å²) in [5.41, 5.74) is 4.41. The second-order valence-corrected chi connectivity index (χ2v) is 11.0. The Balaban J connectivity index is 1.28. The predicted octanol–water partition coefficient (Wildman–Crippen LogP) is 3.39. The van der Waals surface area contributed by atoms with Crippen LogP contribution in [0.3, 0.4) is 0 Å². The molecule has 5 rings (SSSR count). The van der Waals surface area contributed by atoms with Gasteiger partial charge >= 0.3 is 0 Å². The second kappa shape index (κ2) is 9.81. The zero-order valence-corrected chi connectivity index (χ0v) is 20.9. The number of aliphatic hydroxyl groups excluding tert-OH is 1. The van der Waals surface area contributed by atoms with Gasteiger partial charge < -0.3 is 15.4 Å². The molecule has 1 saturated heterocycles. The summed E-state index contributed by atoms with van der Waals surface area (Å²) >= 11 is 0. The van der Waals surface area contributed by atoms with E-state index in [2.05, 4.69) is 25.3 Å². The fraction of sp³-hybridized carbons (Fsp3) is 0.269. The molecule has 1 aromatic carbocycles. The number of rotatable bonds is 6. The van der Waals surface area contributed by atoms with Gasteiger partial charge in [-0.15, -0.1) is 0 Å². The van der Waals surface area contributed by atoms with Gasteiger partial charge in [-0.1, -0.05) is 18.2 Å². The van der Waals surface area contributed by atoms with Gasteiger partial charge in [0.2, 0.25) is 10.0 Å². The molecule has 1 aliphatic rings. The lowest BCUT2D eigenvalue weighted by Crippen LogP contribution is -2.51. The van der Waals surface area contributed by atoms with E-state index >= 15 is 0 Å². The molecular weight excluding hydrogens is 476 g/mol. The SMILES string of the molecule is Cc1ccc(N[C@@H]2CCN(S(=O)(=O)c3ccc(-c4ccnc(-c5nc(C)c[nH]5)c4)cc3)C[C@@H]2O)nc1. The molecule has 4 heterocycles. The van der Waals surface area contributed by atoms with Crippen LogP contribution in [0.1, 0.15) is 17.7 Å². The van der Waals surface area contributed by atoms with Crippen LogP contribution in [-0.4, -0.2) is 63.0 Å². The number of aromatic amines is 1. The summed E-state index contributed by atoms with van der Waals surface area (Å²) in [4.78, 5) is 16.4. The largest absolute Gasteiger partial charge is 0.390 e. The smallest absolute Gasteiger partial charge is 0.243 e. The topological polar surface area (TPSA) is 124 Å². The Labute approximate surface area is 210 Å². The summed E-state index contributed by atoms with van der Waals surface area (Å²) in [6.07, 6.45) is 4.90. The maximum Gasteiger partial charge on any atom is 0.243 e. The Morgan fingerprint density at radius 2 is 1.86 bits per heavy atom. The minimum absolute atomic E-state index is 0.0177. The van der Waals surface area contributed by atoms with Crippen LogP contribution < -0.4 is 5.32 Å². The van der Waals surface area contributed by atoms with Gasteiger partial charge in [-0.2, -0.15) is 4.31 Å². The summed E-state index contributed by atoms with van der Waals surface area (Å²) in [5, 5.41) is 13.9. The number of aryl methyl sites for hydroxylation is 2. The van der Waals surface area contributed by atoms with Crippen molar-refractivity contribution in [3.05, 3.63) is 78.4 Å². The van der Waals surface area contributed by atoms with E-state index < -0.39 is 16.1 Å². The van der Waals surface area contributed by atoms with Gasteiger partial charge in [0.1, 0.15) is 11.5 Å². The fourth-order valence-electron chi connectivity index (χ4n) is 4.29. The minimum atomic E-state index is -3.74. The summed E-state index contributed by atoms with van der Waals surface area (Å²) in [6.45, 7) is 4.19. The van der Waals surface area contributed by atoms with Crippen molar-refractivity contribution in [1.82, 2.24) is 24.2 Å². The fourth-order valence-corrected chi connectivity index (χ4v) is 5.76. The highest BCUT2D eigenvalue weighted by Crippen LogP contribution is 2.27. The van der Waals surface area contributed by atoms with Gasteiger partial charge in [-0.05, 0) is 67.3 Å². The molecule has 186 valence electrons. The Bertz CT molecular complexity index is 1450. The number of piperidine rings is 1. The van der Waals surface area contributed by atoms with Crippen LogP contribution in [0.2, 0.25) is 0 Å². The van der Waals surface area contributed by atoms with Crippen LogP contribution in [0.4, 0.5) is 5.82 Å². The van der Waals surface area contributed by atoms with Gasteiger partial charge in [-0.25, -0.2) is 18.4 Å². The number of nitrogens with zero attached hydrogens (tertiary/aromatic N) is 4. The molecule has 3 N–H and O–H groups in total. The van der Waals surface area contributed by atoms with E-state index in [-0.39, 0.29) is 17.5 Å². The maximum atomic E-state index is 13.3. The quantitative estimate of drug-likeness (QED) is 0.368. The van der Waals surface area contributed by atoms with E-state index in [0.717, 1.165) is 22.4 Å². The third-order valence-electron chi connectivity index (χ3n) is 6.32. The summed E-state index contributed by atoms with van der Waals surface area (Å²) in [6, 6.07) is 14.1. The van der Waals surface area contributed by atoms with Crippen LogP contribution in [-0.2, 0) is 10.0 Å². The van der Waals surface area contributed by atoms with Crippen LogP contribution >= 0.6 is 0 Å². The Hall–Kier alpha value is -3.60. The van der Waals surface area contributed by atoms with Gasteiger partial charge in [0, 0.05) is 31.7 Å². The van der Waals surface area contributed by atoms with Crippen molar-refractivity contribution in [2.24, 2.45) is 0 Å². The monoisotopic (exact) mass is 504 g/mol. The molecule has 9 nitrogen and oxygen atoms in total. The molecule has 0 radical (unpaired) electrons. The van der Waals surface area contributed by atoms with E-state index in [1.807, 2.05) is 44.3 Å². The molecule has 1 aliphatic heterocycles. The van der Waals surface area contributed by atoms with E-state index in [4.69, 9.17) is 0 Å². The Morgan fingerprint density at radius 1 is 1.06 bits per heavy atom. The average Bonchev–Trinajstić information content (AvgIpc) is 3.33. The molecule has 0 saturated carbocycles. The molecular formula is C26H28N6O3S. The number of hydrogen-bond donors (Lipinski definition) is 3. The van der Waals surface area contributed by atoms with Crippen molar-refractivity contribution in [3.8, 4) is 22.6 Å². The van der Waals surface area contributed by atoms with Gasteiger partial charge in [0.15, 0.2) is 5.82 Å². The Kier molecular flexibility index (Phi) is 6.57. The normalized spacial score (nSPS) is 18.8. The Morgan fingerprint density at radius 3 is 2.53 bits per heavy atom. The number of pyridine rings is 2. The number of sulfonamides is 1. The standard InChI is InChI=1S/C26H28N6O3S/c1-17-3-8-25(28-14-17)31-22-10-12-32(16-24(22)33)36(34,35)21-6-4-19(5-7-21)20-9-11-27-23(13-20)26-29-15-18(2)30-26/h3-9,11,13-15,22,24,33H,10,12,16H2,1-2H3,(H,28,31)(H,29,30)/t22-,24+/m1/s1. The zero-order chi connectivity index (χ0) is 25.3. The predicted molar refractivity (Wildman–Crippen MR) is 138 cm³/mol. The molecule has 0 unspecified atom stereocenters. The first-order valence-corrected chi connectivity index (χ1v) is 13.2. The summed E-state index contributed by atoms with van der Waals surface area (Å²) in [5.74, 6) is 1.35. The molecule has 1 fully saturated rings. The highest BCUT2D eigenvalue weighted by Gasteiger charge is 2.34. The third-order valence-corrected chi connectivity index (χ3v) is 8.20. The lowest BCUT2D eigenvalue weighted by Gasteiger charge is -2.35. The van der Waals surface area contributed by atoms with Crippen LogP contribution in [0.5, 0.6) is 0 Å². The molecule has 3 aromatic heterocycles. The van der Waals surface area contributed by atoms with Gasteiger partial charge in [-0.3, -0.25) is 4.98 Å². The molecule has 36 heavy (non-hydrogen) atoms. The number of nitrogens with one attached hydrogen (secondary N) is 2. The van der Waals surface area contributed by atoms with Crippen molar-refractivity contribution < 1.29 is 13.5 Å². The van der Waals surface area contributed by atoms with Crippen LogP contribution in [0.15, 0.2) is 72.0 Å². The highest BCUT2D eigenvalue weighted by atomic mass is 32.2. The second-order valence-electron chi connectivity index (χ2n) is 9.04. The van der Waals surface area contributed by atoms with E-state index in [9.17, 15) is 13.5 Å². The first-order valence-electron chi connectivity index (χ1n) is 11.8. The van der Waals surface area contributed by atoms with E-state index in [0.29, 0.717) is 30.3 Å².